The van der Waals surface area contributed by atoms with Crippen LogP contribution in [0.3, 0.4) is 0 Å². The number of halogens is 2. The number of aldehydes is 1. The molecule has 2 heterocycles. The van der Waals surface area contributed by atoms with Crippen molar-refractivity contribution in [2.24, 2.45) is 9.98 Å². The number of anilines is 1. The van der Waals surface area contributed by atoms with Crippen molar-refractivity contribution in [2.75, 3.05) is 58.5 Å². The van der Waals surface area contributed by atoms with E-state index in [1.165, 1.54) is 6.26 Å². The molecule has 0 amide bonds. The van der Waals surface area contributed by atoms with Gasteiger partial charge in [0, 0.05) is 46.4 Å². The fourth-order valence-electron chi connectivity index (χ4n) is 4.54. The predicted octanol–water partition coefficient (Wildman–Crippen LogP) is 5.72. The van der Waals surface area contributed by atoms with E-state index in [1.807, 2.05) is 51.1 Å². The van der Waals surface area contributed by atoms with Crippen molar-refractivity contribution < 1.29 is 13.4 Å². The highest BCUT2D eigenvalue weighted by Crippen LogP contribution is 2.27. The Hall–Kier alpha value is -3.57. The molecule has 0 aromatic carbocycles. The zero-order chi connectivity index (χ0) is 33.4. The van der Waals surface area contributed by atoms with Gasteiger partial charge in [-0.05, 0) is 55.7 Å². The molecule has 0 fully saturated rings. The quantitative estimate of drug-likeness (QED) is 0.111. The molecule has 2 rings (SSSR count). The second-order valence-electron chi connectivity index (χ2n) is 10.7. The fourth-order valence-corrected chi connectivity index (χ4v) is 5.40. The minimum Gasteiger partial charge on any atom is -0.382 e. The number of aliphatic imine (C=N–C) groups is 2. The van der Waals surface area contributed by atoms with Gasteiger partial charge in [0.1, 0.15) is 29.8 Å². The average Bonchev–Trinajstić information content (AvgIpc) is 3.22. The highest BCUT2D eigenvalue weighted by Gasteiger charge is 2.21. The first-order valence-electron chi connectivity index (χ1n) is 15.0. The summed E-state index contributed by atoms with van der Waals surface area (Å²) in [6.07, 6.45) is 13.6. The molecule has 246 valence electrons. The third-order valence-corrected chi connectivity index (χ3v) is 8.00. The van der Waals surface area contributed by atoms with Crippen molar-refractivity contribution in [1.29, 1.82) is 0 Å². The van der Waals surface area contributed by atoms with Gasteiger partial charge in [0.25, 0.3) is 0 Å². The predicted molar refractivity (Wildman–Crippen MR) is 187 cm³/mol. The number of amidine groups is 1. The highest BCUT2D eigenvalue weighted by atomic mass is 35.5. The normalized spacial score (nSPS) is 15.6. The molecule has 0 saturated carbocycles. The van der Waals surface area contributed by atoms with Crippen molar-refractivity contribution in [3.05, 3.63) is 76.4 Å². The molecule has 45 heavy (non-hydrogen) atoms. The largest absolute Gasteiger partial charge is 0.382 e. The van der Waals surface area contributed by atoms with Crippen LogP contribution in [-0.2, 0) is 15.6 Å². The van der Waals surface area contributed by atoms with Gasteiger partial charge >= 0.3 is 0 Å². The van der Waals surface area contributed by atoms with Crippen LogP contribution in [0.2, 0.25) is 5.15 Å². The lowest BCUT2D eigenvalue weighted by Crippen LogP contribution is -2.37. The molecule has 2 atom stereocenters. The van der Waals surface area contributed by atoms with E-state index in [1.54, 1.807) is 24.4 Å². The Balaban J connectivity index is 2.61. The van der Waals surface area contributed by atoms with E-state index < -0.39 is 23.5 Å². The summed E-state index contributed by atoms with van der Waals surface area (Å²) in [5.41, 5.74) is 3.34. The van der Waals surface area contributed by atoms with Crippen molar-refractivity contribution in [2.45, 2.75) is 51.1 Å². The maximum absolute atomic E-state index is 14.9. The Morgan fingerprint density at radius 1 is 1.27 bits per heavy atom. The number of unbranched alkanes of at least 4 members (excludes halogenated alkanes) is 1. The lowest BCUT2D eigenvalue weighted by atomic mass is 9.96. The van der Waals surface area contributed by atoms with Crippen LogP contribution >= 0.6 is 11.6 Å². The van der Waals surface area contributed by atoms with Crippen LogP contribution < -0.4 is 10.6 Å². The van der Waals surface area contributed by atoms with E-state index in [0.29, 0.717) is 36.5 Å². The van der Waals surface area contributed by atoms with E-state index in [4.69, 9.17) is 11.6 Å². The van der Waals surface area contributed by atoms with E-state index in [0.717, 1.165) is 48.6 Å². The van der Waals surface area contributed by atoms with Crippen molar-refractivity contribution in [1.82, 2.24) is 20.1 Å². The summed E-state index contributed by atoms with van der Waals surface area (Å²) in [5.74, 6) is 1.62. The van der Waals surface area contributed by atoms with Crippen LogP contribution in [0.1, 0.15) is 40.0 Å². The summed E-state index contributed by atoms with van der Waals surface area (Å²) in [7, 11) is 2.43. The average molecular weight is 660 g/mol. The van der Waals surface area contributed by atoms with Crippen molar-refractivity contribution >= 4 is 46.4 Å². The van der Waals surface area contributed by atoms with E-state index >= 15 is 0 Å². The number of hydrogen-bond donors (Lipinski definition) is 2. The summed E-state index contributed by atoms with van der Waals surface area (Å²) in [5, 5.41) is 7.05. The number of allylic oxidation sites excluding steroid dienone is 5. The zero-order valence-corrected chi connectivity index (χ0v) is 28.8. The standard InChI is InChI=1S/C33H47ClFN7O2S/c1-8-10-17-42(18-16-37-27-13-15-36-25(4)38-23-27)32(41(5)6)21-26(14-19-43)28(20-24(3)9-2)30(22-35)39-29-11-12-31(34)40-33(29)45(7)44/h9,11-13,19-21,23,30,37,39H,2,8,10,14-18,22H2,1,3-7H3/b24-20-,28-26-,32-21+/t30-,45?/m1/s1. The number of pyridine rings is 1. The molecule has 1 aromatic heterocycles. The van der Waals surface area contributed by atoms with Crippen LogP contribution in [0.15, 0.2) is 86.3 Å². The number of carbonyl (C=O) groups excluding carboxylic acids is 1. The third kappa shape index (κ3) is 12.4. The Morgan fingerprint density at radius 3 is 2.64 bits per heavy atom. The molecule has 0 spiro atoms. The van der Waals surface area contributed by atoms with Gasteiger partial charge in [0.05, 0.1) is 41.0 Å². The molecule has 0 saturated heterocycles. The summed E-state index contributed by atoms with van der Waals surface area (Å²) in [6.45, 7) is 11.6. The summed E-state index contributed by atoms with van der Waals surface area (Å²) >= 11 is 6.07. The highest BCUT2D eigenvalue weighted by molar-refractivity contribution is 7.84. The number of alkyl halides is 1. The lowest BCUT2D eigenvalue weighted by molar-refractivity contribution is -0.107. The Labute approximate surface area is 275 Å². The van der Waals surface area contributed by atoms with Crippen molar-refractivity contribution in [3.8, 4) is 0 Å². The monoisotopic (exact) mass is 659 g/mol. The van der Waals surface area contributed by atoms with Gasteiger partial charge in [-0.25, -0.2) is 14.4 Å². The van der Waals surface area contributed by atoms with Crippen LogP contribution in [0.25, 0.3) is 0 Å². The van der Waals surface area contributed by atoms with Crippen molar-refractivity contribution in [3.63, 3.8) is 0 Å². The summed E-state index contributed by atoms with van der Waals surface area (Å²) in [6, 6.07) is 2.32. The van der Waals surface area contributed by atoms with Gasteiger partial charge in [-0.3, -0.25) is 9.20 Å². The maximum Gasteiger partial charge on any atom is 0.151 e. The molecule has 0 bridgehead atoms. The minimum absolute atomic E-state index is 0.0553. The molecule has 9 nitrogen and oxygen atoms in total. The van der Waals surface area contributed by atoms with Crippen LogP contribution in [0.5, 0.6) is 0 Å². The van der Waals surface area contributed by atoms with Gasteiger partial charge < -0.3 is 25.2 Å². The van der Waals surface area contributed by atoms with Crippen LogP contribution in [0.4, 0.5) is 10.1 Å². The molecule has 1 unspecified atom stereocenters. The second-order valence-corrected chi connectivity index (χ2v) is 12.4. The SMILES string of the molecule is C=C\C(C)=C/C(=C(/C=C(\N(C)C)N(CCCC)CCNC1=CCN=C(C)N=C1)CC=O)[C@@H](CF)Nc1ccc(Cl)nc1S(C)=O. The molecule has 2 N–H and O–H groups in total. The van der Waals surface area contributed by atoms with E-state index in [2.05, 4.69) is 44.0 Å². The number of rotatable bonds is 19. The second kappa shape index (κ2) is 19.7. The summed E-state index contributed by atoms with van der Waals surface area (Å²) in [4.78, 5) is 29.2. The molecular formula is C33H47ClFN7O2S. The number of hydrogen-bond acceptors (Lipinski definition) is 9. The molecule has 0 radical (unpaired) electrons. The van der Waals surface area contributed by atoms with Gasteiger partial charge in [-0.1, -0.05) is 49.2 Å². The molecular weight excluding hydrogens is 613 g/mol. The number of carbonyl (C=O) groups is 1. The maximum atomic E-state index is 14.9. The van der Waals surface area contributed by atoms with E-state index in [-0.39, 0.29) is 16.6 Å². The molecule has 1 aromatic rings. The van der Waals surface area contributed by atoms with Crippen LogP contribution in [-0.4, -0.2) is 96.6 Å². The zero-order valence-electron chi connectivity index (χ0n) is 27.3. The van der Waals surface area contributed by atoms with Gasteiger partial charge in [0.2, 0.25) is 0 Å². The fraction of sp³-hybridized carbons (Fsp3) is 0.455. The molecule has 1 aliphatic rings. The summed E-state index contributed by atoms with van der Waals surface area (Å²) < 4.78 is 27.4. The number of aromatic nitrogens is 1. The topological polar surface area (TPSA) is 102 Å². The Kier molecular flexibility index (Phi) is 16.5. The minimum atomic E-state index is -1.48. The Morgan fingerprint density at radius 2 is 2.02 bits per heavy atom. The number of nitrogens with one attached hydrogen (secondary N) is 2. The molecule has 12 heteroatoms. The molecule has 0 aliphatic carbocycles. The van der Waals surface area contributed by atoms with Gasteiger partial charge in [-0.15, -0.1) is 0 Å². The Bertz CT molecular complexity index is 1380. The molecule has 1 aliphatic heterocycles. The van der Waals surface area contributed by atoms with Gasteiger partial charge in [0.15, 0.2) is 5.03 Å². The van der Waals surface area contributed by atoms with Crippen LogP contribution in [0, 0.1) is 0 Å². The smallest absolute Gasteiger partial charge is 0.151 e. The number of nitrogens with zero attached hydrogens (tertiary/aromatic N) is 5. The van der Waals surface area contributed by atoms with Gasteiger partial charge in [-0.2, -0.15) is 0 Å². The first-order valence-corrected chi connectivity index (χ1v) is 16.9. The first-order chi connectivity index (χ1) is 21.5. The third-order valence-electron chi connectivity index (χ3n) is 6.94. The first kappa shape index (κ1) is 37.6. The van der Waals surface area contributed by atoms with E-state index in [9.17, 15) is 13.4 Å². The lowest BCUT2D eigenvalue weighted by Gasteiger charge is -2.33.